The largest absolute Gasteiger partial charge is 0.481 e. The Morgan fingerprint density at radius 3 is 0.365 bits per heavy atom. The fourth-order valence-electron chi connectivity index (χ4n) is 10.6. The highest BCUT2D eigenvalue weighted by Crippen LogP contribution is 2.18. The maximum Gasteiger partial charge on any atom is 0.303 e. The van der Waals surface area contributed by atoms with E-state index in [1.165, 1.54) is 341 Å². The minimum atomic E-state index is -0.653. The van der Waals surface area contributed by atoms with Crippen LogP contribution in [-0.4, -0.2) is 67.2 Å². The van der Waals surface area contributed by atoms with Gasteiger partial charge in [0.2, 0.25) is 0 Å². The van der Waals surface area contributed by atoms with Gasteiger partial charge in [0.15, 0.2) is 0 Å². The molecule has 0 aliphatic heterocycles. The summed E-state index contributed by atoms with van der Waals surface area (Å²) >= 11 is 0. The molecule has 0 spiro atoms. The molecule has 0 fully saturated rings. The number of aliphatic hydroxyl groups is 2. The molecule has 10 heteroatoms. The first kappa shape index (κ1) is 91.5. The Bertz CT molecular complexity index is 1050. The highest BCUT2D eigenvalue weighted by atomic mass is 16.4. The van der Waals surface area contributed by atoms with Crippen LogP contribution in [0.15, 0.2) is 0 Å². The van der Waals surface area contributed by atoms with Gasteiger partial charge in [0, 0.05) is 25.7 Å². The average Bonchev–Trinajstić information content (AvgIpc) is 3.47. The van der Waals surface area contributed by atoms with Crippen molar-refractivity contribution in [3.05, 3.63) is 0 Å². The highest BCUT2D eigenvalue weighted by molar-refractivity contribution is 5.67. The van der Waals surface area contributed by atoms with Crippen LogP contribution in [0.25, 0.3) is 0 Å². The second-order valence-corrected chi connectivity index (χ2v) is 25.4. The molecular formula is C75H152O10. The Kier molecular flexibility index (Phi) is 95.0. The third-order valence-electron chi connectivity index (χ3n) is 16.2. The first-order valence-electron chi connectivity index (χ1n) is 37.5. The molecule has 1 atom stereocenters. The molecule has 0 heterocycles. The summed E-state index contributed by atoms with van der Waals surface area (Å²) in [5.74, 6) is -2.61. The molecule has 85 heavy (non-hydrogen) atoms. The van der Waals surface area contributed by atoms with E-state index in [1.54, 1.807) is 0 Å². The van der Waals surface area contributed by atoms with E-state index < -0.39 is 30.0 Å². The van der Waals surface area contributed by atoms with Crippen LogP contribution in [0.1, 0.15) is 446 Å². The van der Waals surface area contributed by atoms with E-state index in [0.29, 0.717) is 25.7 Å². The fourth-order valence-corrected chi connectivity index (χ4v) is 10.6. The van der Waals surface area contributed by atoms with E-state index in [1.807, 2.05) is 0 Å². The summed E-state index contributed by atoms with van der Waals surface area (Å²) in [6, 6.07) is 0. The predicted molar refractivity (Wildman–Crippen MR) is 367 cm³/mol. The van der Waals surface area contributed by atoms with Crippen LogP contribution in [0.4, 0.5) is 0 Å². The SMILES string of the molecule is CC(O)CO.CCCCCCCCCCCCCCCCCC(=O)O.CCCCCCCCCCCCCCCCCC(=O)O.CCCCCCCCCCCCCCCCCC(=O)O.CCCCCCCCCCCCCCCCCC(=O)O. The summed E-state index contributed by atoms with van der Waals surface area (Å²) in [7, 11) is 0. The highest BCUT2D eigenvalue weighted by Gasteiger charge is 2.02. The van der Waals surface area contributed by atoms with Crippen LogP contribution in [0.5, 0.6) is 0 Å². The lowest BCUT2D eigenvalue weighted by molar-refractivity contribution is -0.138. The number of carboxylic acids is 4. The molecule has 0 bridgehead atoms. The van der Waals surface area contributed by atoms with Gasteiger partial charge >= 0.3 is 23.9 Å². The van der Waals surface area contributed by atoms with Crippen LogP contribution in [0.2, 0.25) is 0 Å². The van der Waals surface area contributed by atoms with E-state index in [4.69, 9.17) is 30.6 Å². The molecule has 0 radical (unpaired) electrons. The summed E-state index contributed by atoms with van der Waals surface area (Å²) < 4.78 is 0. The van der Waals surface area contributed by atoms with Gasteiger partial charge in [-0.15, -0.1) is 0 Å². The van der Waals surface area contributed by atoms with Gasteiger partial charge in [0.1, 0.15) is 0 Å². The van der Waals surface area contributed by atoms with Gasteiger partial charge in [-0.1, -0.05) is 387 Å². The van der Waals surface area contributed by atoms with E-state index in [2.05, 4.69) is 27.7 Å². The van der Waals surface area contributed by atoms with Crippen molar-refractivity contribution >= 4 is 23.9 Å². The Labute approximate surface area is 529 Å². The van der Waals surface area contributed by atoms with Gasteiger partial charge in [0.25, 0.3) is 0 Å². The van der Waals surface area contributed by atoms with Crippen LogP contribution >= 0.6 is 0 Å². The Balaban J connectivity index is -0.000000325. The number of unbranched alkanes of at least 4 members (excludes halogenated alkanes) is 56. The molecule has 0 saturated carbocycles. The molecule has 0 aromatic carbocycles. The van der Waals surface area contributed by atoms with Crippen LogP contribution in [-0.2, 0) is 19.2 Å². The van der Waals surface area contributed by atoms with Gasteiger partial charge in [-0.3, -0.25) is 19.2 Å². The minimum absolute atomic E-state index is 0.139. The lowest BCUT2D eigenvalue weighted by atomic mass is 10.0. The first-order valence-corrected chi connectivity index (χ1v) is 37.5. The zero-order valence-corrected chi connectivity index (χ0v) is 57.9. The van der Waals surface area contributed by atoms with Crippen molar-refractivity contribution in [1.82, 2.24) is 0 Å². The number of aliphatic carboxylic acids is 4. The molecule has 0 saturated heterocycles. The van der Waals surface area contributed by atoms with Crippen molar-refractivity contribution in [2.24, 2.45) is 0 Å². The minimum Gasteiger partial charge on any atom is -0.481 e. The number of carbonyl (C=O) groups is 4. The lowest BCUT2D eigenvalue weighted by Gasteiger charge is -2.03. The predicted octanol–water partition coefficient (Wildman–Crippen LogP) is 24.7. The van der Waals surface area contributed by atoms with E-state index in [-0.39, 0.29) is 6.61 Å². The van der Waals surface area contributed by atoms with Crippen molar-refractivity contribution in [3.63, 3.8) is 0 Å². The molecular weight excluding hydrogens is 1060 g/mol. The van der Waals surface area contributed by atoms with Crippen molar-refractivity contribution in [1.29, 1.82) is 0 Å². The molecule has 10 nitrogen and oxygen atoms in total. The van der Waals surface area contributed by atoms with Crippen molar-refractivity contribution < 1.29 is 49.8 Å². The monoisotopic (exact) mass is 1210 g/mol. The van der Waals surface area contributed by atoms with Gasteiger partial charge in [0.05, 0.1) is 12.7 Å². The summed E-state index contributed by atoms with van der Waals surface area (Å²) in [6.45, 7) is 10.5. The van der Waals surface area contributed by atoms with Crippen LogP contribution < -0.4 is 0 Å². The molecule has 6 N–H and O–H groups in total. The maximum atomic E-state index is 10.3. The average molecular weight is 1210 g/mol. The first-order chi connectivity index (χ1) is 41.4. The standard InChI is InChI=1S/4C18H36O2.C3H8O2/c4*1-2-3-4-5-6-7-8-9-10-11-12-13-14-15-16-17-18(19)20;1-3(5)2-4/h4*2-17H2,1H3,(H,19,20);3-5H,2H2,1H3. The normalized spacial score (nSPS) is 11.1. The fraction of sp³-hybridized carbons (Fsp3) is 0.947. The van der Waals surface area contributed by atoms with E-state index in [0.717, 1.165) is 51.4 Å². The molecule has 0 amide bonds. The number of carboxylic acid groups (broad SMARTS) is 4. The van der Waals surface area contributed by atoms with E-state index >= 15 is 0 Å². The number of hydrogen-bond acceptors (Lipinski definition) is 6. The van der Waals surface area contributed by atoms with Gasteiger partial charge in [-0.2, -0.15) is 0 Å². The van der Waals surface area contributed by atoms with Gasteiger partial charge < -0.3 is 30.6 Å². The maximum absolute atomic E-state index is 10.3. The Morgan fingerprint density at radius 1 is 0.212 bits per heavy atom. The van der Waals surface area contributed by atoms with Crippen LogP contribution in [0, 0.1) is 0 Å². The number of hydrogen-bond donors (Lipinski definition) is 6. The molecule has 0 aliphatic carbocycles. The van der Waals surface area contributed by atoms with Gasteiger partial charge in [-0.05, 0) is 32.6 Å². The lowest BCUT2D eigenvalue weighted by Crippen LogP contribution is -2.03. The second-order valence-electron chi connectivity index (χ2n) is 25.4. The van der Waals surface area contributed by atoms with Crippen LogP contribution in [0.3, 0.4) is 0 Å². The number of aliphatic hydroxyl groups excluding tert-OH is 2. The molecule has 0 aromatic heterocycles. The smallest absolute Gasteiger partial charge is 0.303 e. The molecule has 0 aliphatic rings. The third kappa shape index (κ3) is 113. The molecule has 0 rings (SSSR count). The summed E-state index contributed by atoms with van der Waals surface area (Å²) in [5, 5.41) is 50.1. The zero-order valence-electron chi connectivity index (χ0n) is 57.9. The van der Waals surface area contributed by atoms with Crippen molar-refractivity contribution in [3.8, 4) is 0 Å². The molecule has 512 valence electrons. The van der Waals surface area contributed by atoms with Crippen molar-refractivity contribution in [2.45, 2.75) is 452 Å². The van der Waals surface area contributed by atoms with Gasteiger partial charge in [-0.25, -0.2) is 0 Å². The summed E-state index contributed by atoms with van der Waals surface area (Å²) in [5.41, 5.74) is 0. The summed E-state index contributed by atoms with van der Waals surface area (Å²) in [6.07, 6.45) is 80.2. The Hall–Kier alpha value is -2.20. The quantitative estimate of drug-likeness (QED) is 0.0320. The molecule has 1 unspecified atom stereocenters. The molecule has 0 aromatic rings. The third-order valence-corrected chi connectivity index (χ3v) is 16.2. The number of rotatable bonds is 65. The van der Waals surface area contributed by atoms with Crippen molar-refractivity contribution in [2.75, 3.05) is 6.61 Å². The zero-order chi connectivity index (χ0) is 63.8. The topological polar surface area (TPSA) is 190 Å². The van der Waals surface area contributed by atoms with E-state index in [9.17, 15) is 19.2 Å². The second kappa shape index (κ2) is 88.2. The Morgan fingerprint density at radius 2 is 0.294 bits per heavy atom. The summed E-state index contributed by atoms with van der Waals surface area (Å²) in [4.78, 5) is 41.3.